The Hall–Kier alpha value is -3.55. The smallest absolute Gasteiger partial charge is 0.272 e. The van der Waals surface area contributed by atoms with Crippen LogP contribution in [0.4, 0.5) is 0 Å². The number of phenolic OH excluding ortho intramolecular Hbond substituents is 1. The predicted octanol–water partition coefficient (Wildman–Crippen LogP) is 0.456. The van der Waals surface area contributed by atoms with Crippen LogP contribution in [0.3, 0.4) is 0 Å². The van der Waals surface area contributed by atoms with Crippen molar-refractivity contribution in [3.63, 3.8) is 0 Å². The molecule has 0 bridgehead atoms. The number of ether oxygens (including phenoxy) is 1. The van der Waals surface area contributed by atoms with Crippen LogP contribution in [0.5, 0.6) is 11.5 Å². The average Bonchev–Trinajstić information content (AvgIpc) is 3.09. The van der Waals surface area contributed by atoms with Crippen LogP contribution in [0, 0.1) is 0 Å². The number of rotatable bonds is 3. The highest BCUT2D eigenvalue weighted by Crippen LogP contribution is 2.29. The van der Waals surface area contributed by atoms with E-state index in [2.05, 4.69) is 19.9 Å². The second-order valence-corrected chi connectivity index (χ2v) is 7.34. The molecular weight excluding hydrogens is 360 g/mol. The quantitative estimate of drug-likeness (QED) is 0.524. The maximum absolute atomic E-state index is 12.5. The van der Waals surface area contributed by atoms with E-state index in [1.807, 2.05) is 20.8 Å². The third-order valence-electron chi connectivity index (χ3n) is 4.24. The summed E-state index contributed by atoms with van der Waals surface area (Å²) in [6, 6.07) is 4.87. The van der Waals surface area contributed by atoms with Crippen LogP contribution in [0.15, 0.2) is 34.1 Å². The Kier molecular flexibility index (Phi) is 4.96. The van der Waals surface area contributed by atoms with E-state index in [0.717, 1.165) is 5.69 Å². The van der Waals surface area contributed by atoms with Gasteiger partial charge in [0.05, 0.1) is 19.1 Å². The molecule has 3 rings (SSSR count). The monoisotopic (exact) mass is 382 g/mol. The number of phenols is 1. The number of nitrogens with zero attached hydrogens (tertiary/aromatic N) is 1. The zero-order valence-electron chi connectivity index (χ0n) is 16.1. The molecule has 2 heterocycles. The Bertz CT molecular complexity index is 1240. The van der Waals surface area contributed by atoms with Gasteiger partial charge in [-0.2, -0.15) is 0 Å². The summed E-state index contributed by atoms with van der Waals surface area (Å²) >= 11 is 0. The van der Waals surface area contributed by atoms with Gasteiger partial charge in [0, 0.05) is 16.7 Å². The summed E-state index contributed by atoms with van der Waals surface area (Å²) in [5, 5.41) is 10.3. The molecule has 0 spiro atoms. The van der Waals surface area contributed by atoms with Gasteiger partial charge in [0.15, 0.2) is 11.5 Å². The molecule has 0 unspecified atom stereocenters. The normalized spacial score (nSPS) is 13.1. The second-order valence-electron chi connectivity index (χ2n) is 7.34. The van der Waals surface area contributed by atoms with Crippen LogP contribution < -0.4 is 26.6 Å². The van der Waals surface area contributed by atoms with Gasteiger partial charge < -0.3 is 24.8 Å². The molecule has 0 atom stereocenters. The molecule has 4 N–H and O–H groups in total. The molecule has 0 aliphatic heterocycles. The Labute approximate surface area is 160 Å². The second kappa shape index (κ2) is 7.22. The first-order chi connectivity index (χ1) is 13.2. The van der Waals surface area contributed by atoms with Gasteiger partial charge in [-0.3, -0.25) is 9.59 Å². The van der Waals surface area contributed by atoms with Gasteiger partial charge in [0.2, 0.25) is 0 Å². The van der Waals surface area contributed by atoms with Gasteiger partial charge in [-0.25, -0.2) is 4.98 Å². The summed E-state index contributed by atoms with van der Waals surface area (Å²) in [5.41, 5.74) is 0.601. The summed E-state index contributed by atoms with van der Waals surface area (Å²) in [6.45, 7) is 6.05. The van der Waals surface area contributed by atoms with Crippen molar-refractivity contribution in [1.82, 2.24) is 19.9 Å². The molecular formula is C20H22N4O4. The fourth-order valence-electron chi connectivity index (χ4n) is 2.82. The van der Waals surface area contributed by atoms with E-state index in [-0.39, 0.29) is 27.6 Å². The first kappa shape index (κ1) is 19.2. The summed E-state index contributed by atoms with van der Waals surface area (Å²) in [5.74, 6) is 0.151. The van der Waals surface area contributed by atoms with E-state index in [1.165, 1.54) is 19.3 Å². The van der Waals surface area contributed by atoms with Gasteiger partial charge >= 0.3 is 0 Å². The van der Waals surface area contributed by atoms with E-state index < -0.39 is 11.1 Å². The molecule has 0 aliphatic rings. The maximum Gasteiger partial charge on any atom is 0.272 e. The Morgan fingerprint density at radius 3 is 2.32 bits per heavy atom. The molecule has 0 saturated carbocycles. The zero-order chi connectivity index (χ0) is 20.5. The van der Waals surface area contributed by atoms with Crippen LogP contribution in [-0.4, -0.2) is 32.2 Å². The third-order valence-corrected chi connectivity index (χ3v) is 4.24. The van der Waals surface area contributed by atoms with Gasteiger partial charge in [0.25, 0.3) is 11.1 Å². The van der Waals surface area contributed by atoms with Gasteiger partial charge in [0.1, 0.15) is 10.7 Å². The lowest BCUT2D eigenvalue weighted by molar-refractivity contribution is 0.373. The van der Waals surface area contributed by atoms with Crippen LogP contribution in [0.1, 0.15) is 37.7 Å². The molecule has 1 aromatic carbocycles. The number of aromatic amines is 3. The Balaban J connectivity index is 2.15. The standard InChI is InChI=1S/C20H22N4O4/c1-20(2,3)17-12(21-10-22-17)9-14-19(27)23-13(18(26)24-14)8-11-6-5-7-15(28-4)16(11)25/h5-10,25H,1-4H3,(H,21,22)(H,23,27)(H,24,26)/b13-8+,14-9+. The van der Waals surface area contributed by atoms with Gasteiger partial charge in [-0.05, 0) is 18.2 Å². The average molecular weight is 382 g/mol. The first-order valence-electron chi connectivity index (χ1n) is 8.66. The fraction of sp³-hybridized carbons (Fsp3) is 0.250. The third kappa shape index (κ3) is 3.75. The van der Waals surface area contributed by atoms with Crippen molar-refractivity contribution in [3.8, 4) is 11.5 Å². The SMILES string of the molecule is COc1cccc(/C=c2/[nH]c(=O)/c(=C\c3nc[nH]c3C(C)(C)C)[nH]c2=O)c1O. The molecule has 28 heavy (non-hydrogen) atoms. The fourth-order valence-corrected chi connectivity index (χ4v) is 2.82. The highest BCUT2D eigenvalue weighted by Gasteiger charge is 2.19. The molecule has 0 aliphatic carbocycles. The number of aromatic hydroxyl groups is 1. The lowest BCUT2D eigenvalue weighted by Crippen LogP contribution is -2.46. The molecule has 146 valence electrons. The molecule has 0 fully saturated rings. The molecule has 2 aromatic heterocycles. The first-order valence-corrected chi connectivity index (χ1v) is 8.66. The maximum atomic E-state index is 12.5. The lowest BCUT2D eigenvalue weighted by atomic mass is 9.90. The van der Waals surface area contributed by atoms with E-state index in [0.29, 0.717) is 11.3 Å². The highest BCUT2D eigenvalue weighted by atomic mass is 16.5. The Morgan fingerprint density at radius 1 is 1.07 bits per heavy atom. The number of methoxy groups -OCH3 is 1. The number of aromatic nitrogens is 4. The number of para-hydroxylation sites is 1. The van der Waals surface area contributed by atoms with Crippen molar-refractivity contribution in [2.75, 3.05) is 7.11 Å². The van der Waals surface area contributed by atoms with Crippen molar-refractivity contribution in [1.29, 1.82) is 0 Å². The predicted molar refractivity (Wildman–Crippen MR) is 106 cm³/mol. The number of H-pyrrole nitrogens is 3. The van der Waals surface area contributed by atoms with E-state index in [4.69, 9.17) is 4.74 Å². The minimum Gasteiger partial charge on any atom is -0.504 e. The summed E-state index contributed by atoms with van der Waals surface area (Å²) < 4.78 is 5.05. The summed E-state index contributed by atoms with van der Waals surface area (Å²) in [7, 11) is 1.43. The van der Waals surface area contributed by atoms with E-state index in [1.54, 1.807) is 24.5 Å². The van der Waals surface area contributed by atoms with Crippen molar-refractivity contribution >= 4 is 12.2 Å². The van der Waals surface area contributed by atoms with E-state index >= 15 is 0 Å². The highest BCUT2D eigenvalue weighted by molar-refractivity contribution is 5.60. The minimum atomic E-state index is -0.499. The Morgan fingerprint density at radius 2 is 1.71 bits per heavy atom. The summed E-state index contributed by atoms with van der Waals surface area (Å²) in [4.78, 5) is 37.4. The van der Waals surface area contributed by atoms with E-state index in [9.17, 15) is 14.7 Å². The number of benzene rings is 1. The van der Waals surface area contributed by atoms with Gasteiger partial charge in [-0.15, -0.1) is 0 Å². The molecule has 8 nitrogen and oxygen atoms in total. The molecule has 0 amide bonds. The molecule has 3 aromatic rings. The topological polar surface area (TPSA) is 124 Å². The van der Waals surface area contributed by atoms with Crippen LogP contribution in [0.2, 0.25) is 0 Å². The molecule has 8 heteroatoms. The number of nitrogens with one attached hydrogen (secondary N) is 3. The molecule has 0 radical (unpaired) electrons. The number of hydrogen-bond acceptors (Lipinski definition) is 5. The van der Waals surface area contributed by atoms with Crippen LogP contribution in [-0.2, 0) is 5.41 Å². The van der Waals surface area contributed by atoms with Crippen molar-refractivity contribution in [3.05, 3.63) is 72.9 Å². The van der Waals surface area contributed by atoms with Crippen LogP contribution >= 0.6 is 0 Å². The zero-order valence-corrected chi connectivity index (χ0v) is 16.1. The minimum absolute atomic E-state index is 0.0174. The number of hydrogen-bond donors (Lipinski definition) is 4. The van der Waals surface area contributed by atoms with Crippen molar-refractivity contribution in [2.45, 2.75) is 26.2 Å². The molecule has 0 saturated heterocycles. The largest absolute Gasteiger partial charge is 0.504 e. The summed E-state index contributed by atoms with van der Waals surface area (Å²) in [6.07, 6.45) is 4.47. The van der Waals surface area contributed by atoms with Crippen LogP contribution in [0.25, 0.3) is 12.2 Å². The van der Waals surface area contributed by atoms with Crippen molar-refractivity contribution < 1.29 is 9.84 Å². The van der Waals surface area contributed by atoms with Gasteiger partial charge in [-0.1, -0.05) is 32.9 Å². The lowest BCUT2D eigenvalue weighted by Gasteiger charge is -2.16. The van der Waals surface area contributed by atoms with Crippen molar-refractivity contribution in [2.24, 2.45) is 0 Å². The number of imidazole rings is 1.